The van der Waals surface area contributed by atoms with Gasteiger partial charge in [0, 0.05) is 22.5 Å². The van der Waals surface area contributed by atoms with Crippen molar-refractivity contribution in [1.29, 1.82) is 0 Å². The molecule has 5 nitrogen and oxygen atoms in total. The van der Waals surface area contributed by atoms with Gasteiger partial charge in [-0.25, -0.2) is 0 Å². The van der Waals surface area contributed by atoms with E-state index in [2.05, 4.69) is 10.3 Å². The molecule has 3 N–H and O–H groups in total. The zero-order chi connectivity index (χ0) is 13.0. The average Bonchev–Trinajstić information content (AvgIpc) is 2.26. The summed E-state index contributed by atoms with van der Waals surface area (Å²) in [7, 11) is 0. The van der Waals surface area contributed by atoms with Gasteiger partial charge in [-0.1, -0.05) is 0 Å². The lowest BCUT2D eigenvalue weighted by Gasteiger charge is -2.12. The van der Waals surface area contributed by atoms with Gasteiger partial charge in [-0.3, -0.25) is 14.6 Å². The van der Waals surface area contributed by atoms with Crippen molar-refractivity contribution in [2.24, 2.45) is 5.73 Å². The molecule has 0 spiro atoms. The number of nitrogens with two attached hydrogens (primary N) is 1. The topological polar surface area (TPSA) is 85.1 Å². The number of carbonyl (C=O) groups excluding carboxylic acids is 2. The molecule has 1 rings (SSSR count). The summed E-state index contributed by atoms with van der Waals surface area (Å²) >= 11 is 0. The molecule has 0 atom stereocenters. The van der Waals surface area contributed by atoms with Crippen molar-refractivity contribution in [1.82, 2.24) is 10.3 Å². The Kier molecular flexibility index (Phi) is 3.98. The molecule has 0 aliphatic carbocycles. The van der Waals surface area contributed by atoms with Crippen LogP contribution in [0.15, 0.2) is 17.7 Å². The fraction of sp³-hybridized carbons (Fsp3) is 0.250. The molecule has 1 heterocycles. The summed E-state index contributed by atoms with van der Waals surface area (Å²) in [5.74, 6) is -0.575. The molecular formula is C12H15N3O2. The Morgan fingerprint density at radius 2 is 2.06 bits per heavy atom. The Hall–Kier alpha value is -2.17. The summed E-state index contributed by atoms with van der Waals surface area (Å²) in [4.78, 5) is 26.0. The first-order chi connectivity index (χ1) is 7.97. The zero-order valence-electron chi connectivity index (χ0n) is 10.1. The van der Waals surface area contributed by atoms with Gasteiger partial charge in [0.2, 0.25) is 12.3 Å². The first kappa shape index (κ1) is 12.9. The molecule has 0 aliphatic rings. The van der Waals surface area contributed by atoms with E-state index in [1.807, 2.05) is 19.9 Å². The third-order valence-corrected chi connectivity index (χ3v) is 2.44. The molecule has 0 saturated carbocycles. The van der Waals surface area contributed by atoms with Crippen LogP contribution in [-0.2, 0) is 9.59 Å². The molecule has 0 saturated heterocycles. The van der Waals surface area contributed by atoms with Gasteiger partial charge < -0.3 is 11.1 Å². The second kappa shape index (κ2) is 5.25. The lowest BCUT2D eigenvalue weighted by atomic mass is 10.1. The maximum Gasteiger partial charge on any atom is 0.246 e. The van der Waals surface area contributed by atoms with Crippen molar-refractivity contribution >= 4 is 18.0 Å². The molecule has 1 aromatic rings. The van der Waals surface area contributed by atoms with Gasteiger partial charge in [0.15, 0.2) is 0 Å². The van der Waals surface area contributed by atoms with Crippen LogP contribution in [0.2, 0.25) is 0 Å². The van der Waals surface area contributed by atoms with Crippen LogP contribution in [0.1, 0.15) is 23.9 Å². The van der Waals surface area contributed by atoms with E-state index >= 15 is 0 Å². The number of nitrogens with one attached hydrogen (secondary N) is 1. The van der Waals surface area contributed by atoms with E-state index in [1.54, 1.807) is 13.0 Å². The smallest absolute Gasteiger partial charge is 0.246 e. The van der Waals surface area contributed by atoms with E-state index < -0.39 is 5.91 Å². The monoisotopic (exact) mass is 233 g/mol. The minimum atomic E-state index is -0.575. The SMILES string of the molecule is C/C(C(N)=O)=C(/NC=O)c1ccc(C)nc1C. The van der Waals surface area contributed by atoms with Gasteiger partial charge in [0.1, 0.15) is 0 Å². The van der Waals surface area contributed by atoms with E-state index in [0.717, 1.165) is 11.4 Å². The number of carbonyl (C=O) groups is 2. The van der Waals surface area contributed by atoms with Crippen molar-refractivity contribution in [2.75, 3.05) is 0 Å². The van der Waals surface area contributed by atoms with Crippen molar-refractivity contribution in [3.8, 4) is 0 Å². The van der Waals surface area contributed by atoms with Crippen LogP contribution in [0.5, 0.6) is 0 Å². The predicted molar refractivity (Wildman–Crippen MR) is 64.7 cm³/mol. The number of amides is 2. The molecular weight excluding hydrogens is 218 g/mol. The highest BCUT2D eigenvalue weighted by atomic mass is 16.1. The Morgan fingerprint density at radius 3 is 2.53 bits per heavy atom. The number of rotatable bonds is 4. The molecule has 17 heavy (non-hydrogen) atoms. The number of pyridine rings is 1. The van der Waals surface area contributed by atoms with Crippen molar-refractivity contribution in [2.45, 2.75) is 20.8 Å². The Bertz CT molecular complexity index is 493. The third-order valence-electron chi connectivity index (χ3n) is 2.44. The van der Waals surface area contributed by atoms with Gasteiger partial charge in [-0.05, 0) is 32.9 Å². The summed E-state index contributed by atoms with van der Waals surface area (Å²) in [6.07, 6.45) is 0.515. The Balaban J connectivity index is 3.38. The van der Waals surface area contributed by atoms with Gasteiger partial charge in [-0.2, -0.15) is 0 Å². The van der Waals surface area contributed by atoms with E-state index in [-0.39, 0.29) is 0 Å². The summed E-state index contributed by atoms with van der Waals surface area (Å²) in [6.45, 7) is 5.24. The normalized spacial score (nSPS) is 11.7. The standard InChI is InChI=1S/C12H15N3O2/c1-7-4-5-10(9(3)15-7)11(14-6-16)8(2)12(13)17/h4-6H,1-3H3,(H2,13,17)(H,14,16)/b11-8-. The number of hydrogen-bond acceptors (Lipinski definition) is 3. The summed E-state index contributed by atoms with van der Waals surface area (Å²) < 4.78 is 0. The number of nitrogens with zero attached hydrogens (tertiary/aromatic N) is 1. The van der Waals surface area contributed by atoms with Crippen molar-refractivity contribution < 1.29 is 9.59 Å². The maximum absolute atomic E-state index is 11.2. The van der Waals surface area contributed by atoms with Crippen LogP contribution in [0.3, 0.4) is 0 Å². The van der Waals surface area contributed by atoms with Gasteiger partial charge >= 0.3 is 0 Å². The molecule has 0 aromatic carbocycles. The lowest BCUT2D eigenvalue weighted by Crippen LogP contribution is -2.20. The summed E-state index contributed by atoms with van der Waals surface area (Å²) in [5.41, 5.74) is 8.20. The quantitative estimate of drug-likeness (QED) is 0.591. The molecule has 1 aromatic heterocycles. The summed E-state index contributed by atoms with van der Waals surface area (Å²) in [5, 5.41) is 2.50. The highest BCUT2D eigenvalue weighted by molar-refractivity contribution is 6.00. The maximum atomic E-state index is 11.2. The summed E-state index contributed by atoms with van der Waals surface area (Å²) in [6, 6.07) is 3.61. The average molecular weight is 233 g/mol. The third kappa shape index (κ3) is 2.90. The molecule has 0 unspecified atom stereocenters. The Labute approximate surface area is 99.7 Å². The largest absolute Gasteiger partial charge is 0.366 e. The second-order valence-electron chi connectivity index (χ2n) is 3.71. The second-order valence-corrected chi connectivity index (χ2v) is 3.71. The molecule has 0 radical (unpaired) electrons. The number of hydrogen-bond donors (Lipinski definition) is 2. The van der Waals surface area contributed by atoms with Crippen LogP contribution >= 0.6 is 0 Å². The zero-order valence-corrected chi connectivity index (χ0v) is 10.1. The van der Waals surface area contributed by atoms with Gasteiger partial charge in [0.05, 0.1) is 5.70 Å². The molecule has 90 valence electrons. The van der Waals surface area contributed by atoms with Crippen molar-refractivity contribution in [3.05, 3.63) is 34.7 Å². The van der Waals surface area contributed by atoms with Gasteiger partial charge in [-0.15, -0.1) is 0 Å². The van der Waals surface area contributed by atoms with E-state index in [1.165, 1.54) is 0 Å². The number of aromatic nitrogens is 1. The molecule has 0 bridgehead atoms. The lowest BCUT2D eigenvalue weighted by molar-refractivity contribution is -0.114. The highest BCUT2D eigenvalue weighted by Gasteiger charge is 2.12. The first-order valence-corrected chi connectivity index (χ1v) is 5.13. The fourth-order valence-electron chi connectivity index (χ4n) is 1.52. The van der Waals surface area contributed by atoms with Gasteiger partial charge in [0.25, 0.3) is 0 Å². The van der Waals surface area contributed by atoms with Crippen LogP contribution in [0.25, 0.3) is 5.70 Å². The van der Waals surface area contributed by atoms with E-state index in [9.17, 15) is 9.59 Å². The van der Waals surface area contributed by atoms with E-state index in [4.69, 9.17) is 5.73 Å². The number of primary amides is 1. The molecule has 0 fully saturated rings. The van der Waals surface area contributed by atoms with Crippen LogP contribution in [-0.4, -0.2) is 17.3 Å². The van der Waals surface area contributed by atoms with E-state index in [0.29, 0.717) is 23.2 Å². The van der Waals surface area contributed by atoms with Crippen LogP contribution in [0, 0.1) is 13.8 Å². The molecule has 2 amide bonds. The fourth-order valence-corrected chi connectivity index (χ4v) is 1.52. The minimum absolute atomic E-state index is 0.297. The number of aryl methyl sites for hydroxylation is 2. The molecule has 5 heteroatoms. The minimum Gasteiger partial charge on any atom is -0.366 e. The highest BCUT2D eigenvalue weighted by Crippen LogP contribution is 2.18. The molecule has 0 aliphatic heterocycles. The van der Waals surface area contributed by atoms with Crippen LogP contribution in [0.4, 0.5) is 0 Å². The first-order valence-electron chi connectivity index (χ1n) is 5.13. The predicted octanol–water partition coefficient (Wildman–Crippen LogP) is 0.661. The van der Waals surface area contributed by atoms with Crippen LogP contribution < -0.4 is 11.1 Å². The van der Waals surface area contributed by atoms with Crippen molar-refractivity contribution in [3.63, 3.8) is 0 Å². The Morgan fingerprint density at radius 1 is 1.41 bits per heavy atom.